The van der Waals surface area contributed by atoms with Gasteiger partial charge in [-0.05, 0) is 49.3 Å². The molecule has 7 nitrogen and oxygen atoms in total. The molecular formula is C27H41N5O2. The van der Waals surface area contributed by atoms with E-state index in [2.05, 4.69) is 73.9 Å². The zero-order valence-electron chi connectivity index (χ0n) is 21.0. The molecular weight excluding hydrogens is 426 g/mol. The first kappa shape index (κ1) is 27.5. The summed E-state index contributed by atoms with van der Waals surface area (Å²) >= 11 is 0. The molecule has 34 heavy (non-hydrogen) atoms. The molecule has 0 saturated carbocycles. The van der Waals surface area contributed by atoms with E-state index in [1.807, 2.05) is 24.3 Å². The zero-order chi connectivity index (χ0) is 24.9. The molecule has 0 radical (unpaired) electrons. The van der Waals surface area contributed by atoms with E-state index < -0.39 is 0 Å². The highest BCUT2D eigenvalue weighted by atomic mass is 16.2. The fourth-order valence-corrected chi connectivity index (χ4v) is 4.56. The molecule has 7 heteroatoms. The summed E-state index contributed by atoms with van der Waals surface area (Å²) in [6.07, 6.45) is 3.76. The standard InChI is InChI=1S/C19H31N5O2.C8H10/c1-14-11-15(2)22-23(3)19(14)16-7-4-5-8-17(16)24(13-25)10-6-9-21-18(26)12-20;1-2-8-6-4-3-5-7-8/h4-5,7-8,13-15,19,22H,6,9-12,20H2,1-3H3,(H,21,26);3-7H,2H2,1H3. The molecule has 1 aliphatic heterocycles. The SMILES string of the molecule is CC1CC(C)C(c2ccccc2N(C=O)CCCNC(=O)CN)N(C)N1.CCc1ccccc1. The third-order valence-electron chi connectivity index (χ3n) is 6.13. The predicted octanol–water partition coefficient (Wildman–Crippen LogP) is 3.27. The predicted molar refractivity (Wildman–Crippen MR) is 139 cm³/mol. The highest BCUT2D eigenvalue weighted by Crippen LogP contribution is 2.37. The minimum absolute atomic E-state index is 0.0163. The van der Waals surface area contributed by atoms with Crippen LogP contribution in [0, 0.1) is 5.92 Å². The van der Waals surface area contributed by atoms with Crippen molar-refractivity contribution in [2.45, 2.75) is 52.1 Å². The van der Waals surface area contributed by atoms with Crippen LogP contribution in [0.5, 0.6) is 0 Å². The first-order valence-corrected chi connectivity index (χ1v) is 12.2. The summed E-state index contributed by atoms with van der Waals surface area (Å²) in [6.45, 7) is 7.62. The van der Waals surface area contributed by atoms with Crippen LogP contribution in [-0.4, -0.2) is 50.0 Å². The number of carbonyl (C=O) groups excluding carboxylic acids is 2. The molecule has 1 fully saturated rings. The summed E-state index contributed by atoms with van der Waals surface area (Å²) in [5.41, 5.74) is 12.2. The number of aryl methyl sites for hydroxylation is 1. The summed E-state index contributed by atoms with van der Waals surface area (Å²) in [5.74, 6) is 0.288. The van der Waals surface area contributed by atoms with Crippen molar-refractivity contribution in [2.75, 3.05) is 31.6 Å². The summed E-state index contributed by atoms with van der Waals surface area (Å²) in [5, 5.41) is 4.89. The van der Waals surface area contributed by atoms with Crippen molar-refractivity contribution in [3.63, 3.8) is 0 Å². The number of para-hydroxylation sites is 1. The highest BCUT2D eigenvalue weighted by Gasteiger charge is 2.32. The van der Waals surface area contributed by atoms with Crippen molar-refractivity contribution in [2.24, 2.45) is 11.7 Å². The van der Waals surface area contributed by atoms with Gasteiger partial charge in [0.25, 0.3) is 0 Å². The van der Waals surface area contributed by atoms with Gasteiger partial charge >= 0.3 is 0 Å². The van der Waals surface area contributed by atoms with Gasteiger partial charge in [0, 0.05) is 31.9 Å². The normalized spacial score (nSPS) is 20.1. The van der Waals surface area contributed by atoms with Gasteiger partial charge in [0.1, 0.15) is 0 Å². The number of rotatable bonds is 9. The van der Waals surface area contributed by atoms with Gasteiger partial charge in [-0.3, -0.25) is 15.0 Å². The first-order chi connectivity index (χ1) is 16.4. The molecule has 3 atom stereocenters. The maximum atomic E-state index is 11.7. The lowest BCUT2D eigenvalue weighted by Crippen LogP contribution is -2.51. The number of nitrogens with zero attached hydrogens (tertiary/aromatic N) is 2. The van der Waals surface area contributed by atoms with Gasteiger partial charge in [-0.2, -0.15) is 0 Å². The number of amides is 2. The molecule has 2 aromatic carbocycles. The van der Waals surface area contributed by atoms with Gasteiger partial charge < -0.3 is 16.0 Å². The maximum Gasteiger partial charge on any atom is 0.233 e. The topological polar surface area (TPSA) is 90.7 Å². The minimum atomic E-state index is -0.180. The number of hydrogen-bond acceptors (Lipinski definition) is 5. The highest BCUT2D eigenvalue weighted by molar-refractivity contribution is 5.78. The van der Waals surface area contributed by atoms with Crippen LogP contribution < -0.4 is 21.4 Å². The third-order valence-corrected chi connectivity index (χ3v) is 6.13. The van der Waals surface area contributed by atoms with Crippen LogP contribution in [0.1, 0.15) is 50.8 Å². The van der Waals surface area contributed by atoms with Crippen molar-refractivity contribution >= 4 is 18.0 Å². The Morgan fingerprint density at radius 2 is 1.85 bits per heavy atom. The average Bonchev–Trinajstić information content (AvgIpc) is 2.84. The second-order valence-electron chi connectivity index (χ2n) is 8.90. The van der Waals surface area contributed by atoms with Crippen LogP contribution >= 0.6 is 0 Å². The number of anilines is 1. The van der Waals surface area contributed by atoms with Gasteiger partial charge in [0.05, 0.1) is 12.6 Å². The Bertz CT molecular complexity index is 864. The van der Waals surface area contributed by atoms with Crippen LogP contribution in [0.2, 0.25) is 0 Å². The Morgan fingerprint density at radius 1 is 1.18 bits per heavy atom. The Balaban J connectivity index is 0.000000430. The molecule has 1 saturated heterocycles. The van der Waals surface area contributed by atoms with E-state index in [1.54, 1.807) is 4.90 Å². The Kier molecular flexibility index (Phi) is 11.7. The van der Waals surface area contributed by atoms with Crippen LogP contribution in [0.25, 0.3) is 0 Å². The van der Waals surface area contributed by atoms with E-state index >= 15 is 0 Å². The molecule has 3 unspecified atom stereocenters. The van der Waals surface area contributed by atoms with Crippen LogP contribution in [-0.2, 0) is 16.0 Å². The van der Waals surface area contributed by atoms with Crippen molar-refractivity contribution < 1.29 is 9.59 Å². The largest absolute Gasteiger partial charge is 0.355 e. The van der Waals surface area contributed by atoms with Gasteiger partial charge in [0.2, 0.25) is 12.3 Å². The Hall–Kier alpha value is -2.74. The second-order valence-corrected chi connectivity index (χ2v) is 8.90. The molecule has 1 heterocycles. The minimum Gasteiger partial charge on any atom is -0.355 e. The van der Waals surface area contributed by atoms with Crippen molar-refractivity contribution in [1.29, 1.82) is 0 Å². The van der Waals surface area contributed by atoms with E-state index in [0.717, 1.165) is 30.5 Å². The molecule has 0 aromatic heterocycles. The molecule has 0 aliphatic carbocycles. The van der Waals surface area contributed by atoms with E-state index in [-0.39, 0.29) is 18.5 Å². The molecule has 4 N–H and O–H groups in total. The molecule has 3 rings (SSSR count). The van der Waals surface area contributed by atoms with Crippen molar-refractivity contribution in [3.05, 3.63) is 65.7 Å². The Labute approximate surface area is 204 Å². The van der Waals surface area contributed by atoms with Crippen LogP contribution in [0.15, 0.2) is 54.6 Å². The van der Waals surface area contributed by atoms with Gasteiger partial charge in [-0.25, -0.2) is 5.01 Å². The van der Waals surface area contributed by atoms with Gasteiger partial charge in [0.15, 0.2) is 0 Å². The molecule has 2 amide bonds. The zero-order valence-corrected chi connectivity index (χ0v) is 21.0. The smallest absolute Gasteiger partial charge is 0.233 e. The third kappa shape index (κ3) is 8.24. The van der Waals surface area contributed by atoms with E-state index in [9.17, 15) is 9.59 Å². The quantitative estimate of drug-likeness (QED) is 0.389. The average molecular weight is 468 g/mol. The number of nitrogens with one attached hydrogen (secondary N) is 2. The second kappa shape index (κ2) is 14.5. The summed E-state index contributed by atoms with van der Waals surface area (Å²) in [7, 11) is 2.06. The van der Waals surface area contributed by atoms with Crippen molar-refractivity contribution in [1.82, 2.24) is 15.8 Å². The van der Waals surface area contributed by atoms with Crippen molar-refractivity contribution in [3.8, 4) is 0 Å². The lowest BCUT2D eigenvalue weighted by molar-refractivity contribution is -0.119. The summed E-state index contributed by atoms with van der Waals surface area (Å²) in [6, 6.07) is 19.1. The molecule has 186 valence electrons. The van der Waals surface area contributed by atoms with E-state index in [4.69, 9.17) is 5.73 Å². The van der Waals surface area contributed by atoms with E-state index in [1.165, 1.54) is 5.56 Å². The first-order valence-electron chi connectivity index (χ1n) is 12.2. The monoisotopic (exact) mass is 467 g/mol. The fraction of sp³-hybridized carbons (Fsp3) is 0.481. The molecule has 0 spiro atoms. The summed E-state index contributed by atoms with van der Waals surface area (Å²) < 4.78 is 0. The number of carbonyl (C=O) groups is 2. The molecule has 0 bridgehead atoms. The molecule has 2 aromatic rings. The Morgan fingerprint density at radius 3 is 2.44 bits per heavy atom. The lowest BCUT2D eigenvalue weighted by Gasteiger charge is -2.42. The number of nitrogens with two attached hydrogens (primary N) is 1. The number of benzene rings is 2. The van der Waals surface area contributed by atoms with Crippen LogP contribution in [0.3, 0.4) is 0 Å². The number of hydrazine groups is 1. The van der Waals surface area contributed by atoms with Gasteiger partial charge in [-0.15, -0.1) is 0 Å². The van der Waals surface area contributed by atoms with Gasteiger partial charge in [-0.1, -0.05) is 62.4 Å². The van der Waals surface area contributed by atoms with Crippen LogP contribution in [0.4, 0.5) is 5.69 Å². The summed E-state index contributed by atoms with van der Waals surface area (Å²) in [4.78, 5) is 24.7. The molecule has 1 aliphatic rings. The number of hydrogen-bond donors (Lipinski definition) is 3. The maximum absolute atomic E-state index is 11.7. The lowest BCUT2D eigenvalue weighted by atomic mass is 9.86. The van der Waals surface area contributed by atoms with E-state index in [0.29, 0.717) is 31.5 Å². The fourth-order valence-electron chi connectivity index (χ4n) is 4.56.